The molecule has 5 heteroatoms. The first-order valence-corrected chi connectivity index (χ1v) is 7.30. The van der Waals surface area contributed by atoms with E-state index in [-0.39, 0.29) is 6.10 Å². The normalized spacial score (nSPS) is 12.5. The lowest BCUT2D eigenvalue weighted by molar-refractivity contribution is -0.0147. The maximum Gasteiger partial charge on any atom is 0.0948 e. The summed E-state index contributed by atoms with van der Waals surface area (Å²) in [5.74, 6) is 0. The van der Waals surface area contributed by atoms with E-state index in [9.17, 15) is 0 Å². The Kier molecular flexibility index (Phi) is 10.0. The first-order valence-electron chi connectivity index (χ1n) is 7.30. The van der Waals surface area contributed by atoms with Gasteiger partial charge in [0.2, 0.25) is 0 Å². The van der Waals surface area contributed by atoms with Gasteiger partial charge in [0.05, 0.1) is 45.7 Å². The minimum atomic E-state index is -0.0774. The van der Waals surface area contributed by atoms with Gasteiger partial charge in [-0.25, -0.2) is 0 Å². The second-order valence-corrected chi connectivity index (χ2v) is 4.73. The summed E-state index contributed by atoms with van der Waals surface area (Å²) < 4.78 is 21.4. The lowest BCUT2D eigenvalue weighted by atomic mass is 10.1. The van der Waals surface area contributed by atoms with Crippen molar-refractivity contribution in [3.05, 3.63) is 35.4 Å². The molecule has 0 spiro atoms. The molecule has 5 nitrogen and oxygen atoms in total. The standard InChI is InChI=1S/C16H27NO4/c1-14-4-3-5-15(12-14)16(13-17)21-11-10-20-9-8-19-7-6-18-2/h3-5,12,16H,6-11,13,17H2,1-2H3. The average Bonchev–Trinajstić information content (AvgIpc) is 2.49. The number of hydrogen-bond donors (Lipinski definition) is 1. The third kappa shape index (κ3) is 8.14. The monoisotopic (exact) mass is 297 g/mol. The Hall–Kier alpha value is -0.980. The van der Waals surface area contributed by atoms with Crippen LogP contribution in [-0.4, -0.2) is 53.3 Å². The van der Waals surface area contributed by atoms with Crippen molar-refractivity contribution in [2.24, 2.45) is 5.73 Å². The van der Waals surface area contributed by atoms with Crippen LogP contribution in [0.3, 0.4) is 0 Å². The second-order valence-electron chi connectivity index (χ2n) is 4.73. The Morgan fingerprint density at radius 2 is 1.67 bits per heavy atom. The van der Waals surface area contributed by atoms with E-state index in [1.165, 1.54) is 5.56 Å². The van der Waals surface area contributed by atoms with E-state index in [0.29, 0.717) is 46.2 Å². The van der Waals surface area contributed by atoms with Crippen molar-refractivity contribution in [2.75, 3.05) is 53.3 Å². The SMILES string of the molecule is COCCOCCOCCOC(CN)c1cccc(C)c1. The highest BCUT2D eigenvalue weighted by atomic mass is 16.6. The molecule has 0 amide bonds. The largest absolute Gasteiger partial charge is 0.382 e. The molecule has 0 bridgehead atoms. The molecule has 21 heavy (non-hydrogen) atoms. The highest BCUT2D eigenvalue weighted by molar-refractivity contribution is 5.24. The summed E-state index contributed by atoms with van der Waals surface area (Å²) >= 11 is 0. The van der Waals surface area contributed by atoms with Crippen LogP contribution in [0.1, 0.15) is 17.2 Å². The molecule has 0 heterocycles. The molecule has 0 aromatic heterocycles. The Morgan fingerprint density at radius 1 is 1.00 bits per heavy atom. The van der Waals surface area contributed by atoms with Crippen molar-refractivity contribution in [1.29, 1.82) is 0 Å². The number of hydrogen-bond acceptors (Lipinski definition) is 5. The first-order chi connectivity index (χ1) is 10.3. The zero-order chi connectivity index (χ0) is 15.3. The number of aryl methyl sites for hydroxylation is 1. The molecule has 0 aliphatic heterocycles. The smallest absolute Gasteiger partial charge is 0.0948 e. The van der Waals surface area contributed by atoms with E-state index < -0.39 is 0 Å². The van der Waals surface area contributed by atoms with Crippen molar-refractivity contribution >= 4 is 0 Å². The molecule has 1 rings (SSSR count). The topological polar surface area (TPSA) is 62.9 Å². The van der Waals surface area contributed by atoms with E-state index in [1.54, 1.807) is 7.11 Å². The maximum atomic E-state index is 5.77. The first kappa shape index (κ1) is 18.1. The molecule has 0 radical (unpaired) electrons. The van der Waals surface area contributed by atoms with E-state index in [0.717, 1.165) is 5.56 Å². The summed E-state index contributed by atoms with van der Waals surface area (Å²) in [5.41, 5.74) is 8.09. The van der Waals surface area contributed by atoms with Crippen molar-refractivity contribution in [3.8, 4) is 0 Å². The molecular weight excluding hydrogens is 270 g/mol. The van der Waals surface area contributed by atoms with Gasteiger partial charge in [-0.05, 0) is 12.5 Å². The summed E-state index contributed by atoms with van der Waals surface area (Å²) in [6.07, 6.45) is -0.0774. The van der Waals surface area contributed by atoms with Gasteiger partial charge in [0.1, 0.15) is 0 Å². The zero-order valence-electron chi connectivity index (χ0n) is 13.0. The number of methoxy groups -OCH3 is 1. The van der Waals surface area contributed by atoms with E-state index in [1.807, 2.05) is 12.1 Å². The number of benzene rings is 1. The Bertz CT molecular complexity index is 373. The van der Waals surface area contributed by atoms with Crippen molar-refractivity contribution < 1.29 is 18.9 Å². The Labute approximate surface area is 127 Å². The molecule has 2 N–H and O–H groups in total. The van der Waals surface area contributed by atoms with Crippen LogP contribution in [0.4, 0.5) is 0 Å². The van der Waals surface area contributed by atoms with Gasteiger partial charge in [0.25, 0.3) is 0 Å². The predicted octanol–water partition coefficient (Wildman–Crippen LogP) is 1.69. The van der Waals surface area contributed by atoms with Crippen LogP contribution in [0, 0.1) is 6.92 Å². The highest BCUT2D eigenvalue weighted by Gasteiger charge is 2.09. The summed E-state index contributed by atoms with van der Waals surface area (Å²) in [5, 5.41) is 0. The molecule has 0 saturated heterocycles. The molecule has 0 saturated carbocycles. The zero-order valence-corrected chi connectivity index (χ0v) is 13.0. The summed E-state index contributed by atoms with van der Waals surface area (Å²) in [4.78, 5) is 0. The predicted molar refractivity (Wildman–Crippen MR) is 82.4 cm³/mol. The van der Waals surface area contributed by atoms with Crippen LogP contribution >= 0.6 is 0 Å². The minimum absolute atomic E-state index is 0.0774. The van der Waals surface area contributed by atoms with Gasteiger partial charge in [-0.1, -0.05) is 29.8 Å². The van der Waals surface area contributed by atoms with Gasteiger partial charge < -0.3 is 24.7 Å². The van der Waals surface area contributed by atoms with Crippen LogP contribution in [0.25, 0.3) is 0 Å². The van der Waals surface area contributed by atoms with E-state index in [2.05, 4.69) is 19.1 Å². The quantitative estimate of drug-likeness (QED) is 0.595. The van der Waals surface area contributed by atoms with Crippen LogP contribution in [0.15, 0.2) is 24.3 Å². The number of ether oxygens (including phenoxy) is 4. The Morgan fingerprint density at radius 3 is 2.29 bits per heavy atom. The molecule has 0 fully saturated rings. The molecule has 1 aromatic rings. The molecule has 1 aromatic carbocycles. The molecule has 1 unspecified atom stereocenters. The van der Waals surface area contributed by atoms with Crippen LogP contribution in [-0.2, 0) is 18.9 Å². The fraction of sp³-hybridized carbons (Fsp3) is 0.625. The van der Waals surface area contributed by atoms with Crippen molar-refractivity contribution in [3.63, 3.8) is 0 Å². The summed E-state index contributed by atoms with van der Waals surface area (Å²) in [6, 6.07) is 8.21. The highest BCUT2D eigenvalue weighted by Crippen LogP contribution is 2.17. The van der Waals surface area contributed by atoms with Crippen molar-refractivity contribution in [2.45, 2.75) is 13.0 Å². The van der Waals surface area contributed by atoms with Crippen LogP contribution in [0.5, 0.6) is 0 Å². The lowest BCUT2D eigenvalue weighted by Crippen LogP contribution is -2.19. The van der Waals surface area contributed by atoms with Gasteiger partial charge in [-0.3, -0.25) is 0 Å². The summed E-state index contributed by atoms with van der Waals surface area (Å²) in [6.45, 7) is 5.92. The summed E-state index contributed by atoms with van der Waals surface area (Å²) in [7, 11) is 1.65. The fourth-order valence-corrected chi connectivity index (χ4v) is 1.88. The third-order valence-electron chi connectivity index (χ3n) is 2.98. The van der Waals surface area contributed by atoms with Crippen LogP contribution < -0.4 is 5.73 Å². The molecule has 0 aliphatic rings. The number of rotatable bonds is 12. The lowest BCUT2D eigenvalue weighted by Gasteiger charge is -2.17. The minimum Gasteiger partial charge on any atom is -0.382 e. The van der Waals surface area contributed by atoms with Crippen molar-refractivity contribution in [1.82, 2.24) is 0 Å². The maximum absolute atomic E-state index is 5.77. The van der Waals surface area contributed by atoms with Gasteiger partial charge in [0.15, 0.2) is 0 Å². The molecule has 1 atom stereocenters. The fourth-order valence-electron chi connectivity index (χ4n) is 1.88. The molecule has 0 aliphatic carbocycles. The van der Waals surface area contributed by atoms with E-state index >= 15 is 0 Å². The van der Waals surface area contributed by atoms with Gasteiger partial charge in [-0.2, -0.15) is 0 Å². The molecule has 120 valence electrons. The Balaban J connectivity index is 2.10. The third-order valence-corrected chi connectivity index (χ3v) is 2.98. The second kappa shape index (κ2) is 11.7. The van der Waals surface area contributed by atoms with Crippen LogP contribution in [0.2, 0.25) is 0 Å². The molecular formula is C16H27NO4. The average molecular weight is 297 g/mol. The van der Waals surface area contributed by atoms with Gasteiger partial charge in [0, 0.05) is 13.7 Å². The van der Waals surface area contributed by atoms with Gasteiger partial charge >= 0.3 is 0 Å². The van der Waals surface area contributed by atoms with Gasteiger partial charge in [-0.15, -0.1) is 0 Å². The number of nitrogens with two attached hydrogens (primary N) is 1. The van der Waals surface area contributed by atoms with E-state index in [4.69, 9.17) is 24.7 Å².